The normalized spacial score (nSPS) is 10.4. The summed E-state index contributed by atoms with van der Waals surface area (Å²) in [7, 11) is 0. The number of hydrogen-bond acceptors (Lipinski definition) is 5. The van der Waals surface area contributed by atoms with Crippen LogP contribution in [0.3, 0.4) is 0 Å². The summed E-state index contributed by atoms with van der Waals surface area (Å²) in [6, 6.07) is 16.5. The Labute approximate surface area is 250 Å². The average Bonchev–Trinajstić information content (AvgIpc) is 3.00. The third kappa shape index (κ3) is 19.8. The molecule has 0 bridgehead atoms. The Morgan fingerprint density at radius 3 is 1.32 bits per heavy atom. The predicted molar refractivity (Wildman–Crippen MR) is 173 cm³/mol. The van der Waals surface area contributed by atoms with Crippen LogP contribution in [0.1, 0.15) is 144 Å². The monoisotopic (exact) mass is 567 g/mol. The topological polar surface area (TPSA) is 64.6 Å². The van der Waals surface area contributed by atoms with Crippen LogP contribution in [0.5, 0.6) is 0 Å². The van der Waals surface area contributed by atoms with Crippen molar-refractivity contribution >= 4 is 17.6 Å². The molecule has 0 aliphatic carbocycles. The molecule has 0 atom stereocenters. The Morgan fingerprint density at radius 2 is 0.902 bits per heavy atom. The van der Waals surface area contributed by atoms with Crippen LogP contribution < -0.4 is 5.32 Å². The molecular formula is C36H57NO4. The number of nitrogens with one attached hydrogen (secondary N) is 1. The lowest BCUT2D eigenvalue weighted by molar-refractivity contribution is 0.0517. The van der Waals surface area contributed by atoms with Gasteiger partial charge in [-0.3, -0.25) is 0 Å². The van der Waals surface area contributed by atoms with Crippen LogP contribution in [0.2, 0.25) is 0 Å². The average molecular weight is 568 g/mol. The molecule has 0 saturated carbocycles. The molecule has 5 heteroatoms. The van der Waals surface area contributed by atoms with E-state index in [0.29, 0.717) is 24.3 Å². The van der Waals surface area contributed by atoms with Crippen LogP contribution in [0.15, 0.2) is 54.6 Å². The minimum atomic E-state index is -0.256. The zero-order valence-electron chi connectivity index (χ0n) is 26.3. The summed E-state index contributed by atoms with van der Waals surface area (Å²) in [6.45, 7) is 7.74. The minimum absolute atomic E-state index is 0.248. The standard InChI is InChI=1S/C27H47NO2.C9H10O2/c1-3-5-6-7-8-9-10-11-12-13-14-15-16-17-18-19-24-28-26-22-20-25(21-23-26)27(29)30-4-2;1-2-11-9(10)8-6-4-3-5-7-8/h20-23,28H,3-19,24H2,1-2H3;3-7H,2H2,1H3. The van der Waals surface area contributed by atoms with Gasteiger partial charge in [0.15, 0.2) is 0 Å². The minimum Gasteiger partial charge on any atom is -0.462 e. The summed E-state index contributed by atoms with van der Waals surface area (Å²) in [5, 5.41) is 3.44. The van der Waals surface area contributed by atoms with Gasteiger partial charge in [-0.25, -0.2) is 9.59 Å². The molecule has 2 rings (SSSR count). The third-order valence-corrected chi connectivity index (χ3v) is 7.04. The first-order chi connectivity index (χ1) is 20.1. The SMILES string of the molecule is CCCCCCCCCCCCCCCCCCNc1ccc(C(=O)OCC)cc1.CCOC(=O)c1ccccc1. The molecule has 0 amide bonds. The summed E-state index contributed by atoms with van der Waals surface area (Å²) in [5.74, 6) is -0.505. The molecule has 0 spiro atoms. The van der Waals surface area contributed by atoms with Crippen LogP contribution in [0.25, 0.3) is 0 Å². The zero-order chi connectivity index (χ0) is 29.8. The van der Waals surface area contributed by atoms with E-state index in [1.807, 2.05) is 49.4 Å². The summed E-state index contributed by atoms with van der Waals surface area (Å²) >= 11 is 0. The van der Waals surface area contributed by atoms with Gasteiger partial charge in [-0.15, -0.1) is 0 Å². The first-order valence-corrected chi connectivity index (χ1v) is 16.4. The molecule has 0 aliphatic heterocycles. The van der Waals surface area contributed by atoms with Crippen molar-refractivity contribution in [2.24, 2.45) is 0 Å². The van der Waals surface area contributed by atoms with E-state index in [1.165, 1.54) is 103 Å². The summed E-state index contributed by atoms with van der Waals surface area (Å²) in [6.07, 6.45) is 22.4. The van der Waals surface area contributed by atoms with E-state index in [4.69, 9.17) is 9.47 Å². The lowest BCUT2D eigenvalue weighted by Crippen LogP contribution is -2.05. The van der Waals surface area contributed by atoms with E-state index in [9.17, 15) is 9.59 Å². The smallest absolute Gasteiger partial charge is 0.338 e. The maximum atomic E-state index is 11.6. The molecular weight excluding hydrogens is 510 g/mol. The number of esters is 2. The fraction of sp³-hybridized carbons (Fsp3) is 0.611. The number of carbonyl (C=O) groups is 2. The zero-order valence-corrected chi connectivity index (χ0v) is 26.3. The first kappa shape index (κ1) is 36.2. The van der Waals surface area contributed by atoms with E-state index >= 15 is 0 Å². The van der Waals surface area contributed by atoms with E-state index in [1.54, 1.807) is 19.1 Å². The Kier molecular flexibility index (Phi) is 23.1. The number of unbranched alkanes of at least 4 members (excludes halogenated alkanes) is 15. The maximum absolute atomic E-state index is 11.6. The number of ether oxygens (including phenoxy) is 2. The third-order valence-electron chi connectivity index (χ3n) is 7.04. The molecule has 0 fully saturated rings. The van der Waals surface area contributed by atoms with Gasteiger partial charge in [0.2, 0.25) is 0 Å². The van der Waals surface area contributed by atoms with Gasteiger partial charge in [0.05, 0.1) is 24.3 Å². The molecule has 0 saturated heterocycles. The fourth-order valence-corrected chi connectivity index (χ4v) is 4.63. The number of hydrogen-bond donors (Lipinski definition) is 1. The van der Waals surface area contributed by atoms with E-state index in [2.05, 4.69) is 12.2 Å². The van der Waals surface area contributed by atoms with Crippen LogP contribution in [-0.2, 0) is 9.47 Å². The Hall–Kier alpha value is -2.82. The summed E-state index contributed by atoms with van der Waals surface area (Å²) in [5.41, 5.74) is 2.29. The number of anilines is 1. The van der Waals surface area contributed by atoms with Crippen LogP contribution in [0, 0.1) is 0 Å². The molecule has 2 aromatic rings. The number of benzene rings is 2. The van der Waals surface area contributed by atoms with Crippen molar-refractivity contribution in [1.29, 1.82) is 0 Å². The first-order valence-electron chi connectivity index (χ1n) is 16.4. The van der Waals surface area contributed by atoms with Gasteiger partial charge in [-0.2, -0.15) is 0 Å². The predicted octanol–water partition coefficient (Wildman–Crippen LogP) is 10.4. The molecule has 41 heavy (non-hydrogen) atoms. The highest BCUT2D eigenvalue weighted by Gasteiger charge is 2.05. The van der Waals surface area contributed by atoms with Crippen LogP contribution >= 0.6 is 0 Å². The summed E-state index contributed by atoms with van der Waals surface area (Å²) < 4.78 is 9.79. The molecule has 0 aliphatic rings. The number of carbonyl (C=O) groups excluding carboxylic acids is 2. The van der Waals surface area contributed by atoms with Crippen molar-refractivity contribution < 1.29 is 19.1 Å². The highest BCUT2D eigenvalue weighted by atomic mass is 16.5. The van der Waals surface area contributed by atoms with Crippen LogP contribution in [-0.4, -0.2) is 31.7 Å². The molecule has 0 heterocycles. The Balaban J connectivity index is 0.000000634. The van der Waals surface area contributed by atoms with Gasteiger partial charge < -0.3 is 14.8 Å². The van der Waals surface area contributed by atoms with Gasteiger partial charge in [0.1, 0.15) is 0 Å². The lowest BCUT2D eigenvalue weighted by Gasteiger charge is -2.07. The maximum Gasteiger partial charge on any atom is 0.338 e. The van der Waals surface area contributed by atoms with Crippen molar-refractivity contribution in [2.45, 2.75) is 124 Å². The molecule has 0 radical (unpaired) electrons. The van der Waals surface area contributed by atoms with Gasteiger partial charge in [0.25, 0.3) is 0 Å². The van der Waals surface area contributed by atoms with E-state index < -0.39 is 0 Å². The molecule has 2 aromatic carbocycles. The van der Waals surface area contributed by atoms with Crippen molar-refractivity contribution in [3.8, 4) is 0 Å². The highest BCUT2D eigenvalue weighted by molar-refractivity contribution is 5.90. The second-order valence-electron chi connectivity index (χ2n) is 10.6. The number of rotatable bonds is 22. The molecule has 0 unspecified atom stereocenters. The lowest BCUT2D eigenvalue weighted by atomic mass is 10.0. The van der Waals surface area contributed by atoms with Gasteiger partial charge >= 0.3 is 11.9 Å². The van der Waals surface area contributed by atoms with Gasteiger partial charge in [-0.05, 0) is 56.7 Å². The summed E-state index contributed by atoms with van der Waals surface area (Å²) in [4.78, 5) is 22.7. The van der Waals surface area contributed by atoms with E-state index in [0.717, 1.165) is 12.2 Å². The van der Waals surface area contributed by atoms with Crippen molar-refractivity contribution in [2.75, 3.05) is 25.1 Å². The molecule has 5 nitrogen and oxygen atoms in total. The van der Waals surface area contributed by atoms with Gasteiger partial charge in [-0.1, -0.05) is 121 Å². The van der Waals surface area contributed by atoms with Crippen molar-refractivity contribution in [3.63, 3.8) is 0 Å². The molecule has 1 N–H and O–H groups in total. The fourth-order valence-electron chi connectivity index (χ4n) is 4.63. The largest absolute Gasteiger partial charge is 0.462 e. The van der Waals surface area contributed by atoms with Crippen molar-refractivity contribution in [3.05, 3.63) is 65.7 Å². The highest BCUT2D eigenvalue weighted by Crippen LogP contribution is 2.14. The molecule has 0 aromatic heterocycles. The second kappa shape index (κ2) is 26.1. The van der Waals surface area contributed by atoms with E-state index in [-0.39, 0.29) is 11.9 Å². The molecule has 230 valence electrons. The van der Waals surface area contributed by atoms with Gasteiger partial charge in [0, 0.05) is 12.2 Å². The second-order valence-corrected chi connectivity index (χ2v) is 10.6. The van der Waals surface area contributed by atoms with Crippen LogP contribution in [0.4, 0.5) is 5.69 Å². The Morgan fingerprint density at radius 1 is 0.512 bits per heavy atom. The quantitative estimate of drug-likeness (QED) is 0.113. The Bertz CT molecular complexity index is 882. The van der Waals surface area contributed by atoms with Crippen molar-refractivity contribution in [1.82, 2.24) is 0 Å².